The summed E-state index contributed by atoms with van der Waals surface area (Å²) in [5.41, 5.74) is 5.49. The van der Waals surface area contributed by atoms with E-state index in [1.807, 2.05) is 12.1 Å². The fourth-order valence-electron chi connectivity index (χ4n) is 2.62. The Labute approximate surface area is 135 Å². The molecule has 0 nitrogen and oxygen atoms in total. The van der Waals surface area contributed by atoms with Crippen LogP contribution in [0.3, 0.4) is 0 Å². The predicted octanol–water partition coefficient (Wildman–Crippen LogP) is 5.75. The Hall–Kier alpha value is -0.790. The molecule has 0 aromatic heterocycles. The van der Waals surface area contributed by atoms with E-state index >= 15 is 0 Å². The Morgan fingerprint density at radius 2 is 1.60 bits per heavy atom. The van der Waals surface area contributed by atoms with Gasteiger partial charge in [0, 0.05) is 10.4 Å². The van der Waals surface area contributed by atoms with E-state index in [0.29, 0.717) is 5.92 Å². The molecule has 0 aliphatic rings. The molecular weight excluding hydrogens is 332 g/mol. The fourth-order valence-corrected chi connectivity index (χ4v) is 3.29. The molecule has 0 heterocycles. The second-order valence-electron chi connectivity index (χ2n) is 5.39. The van der Waals surface area contributed by atoms with Gasteiger partial charge in [0.05, 0.1) is 0 Å². The zero-order valence-corrected chi connectivity index (χ0v) is 14.3. The molecule has 1 atom stereocenters. The third-order valence-corrected chi connectivity index (χ3v) is 5.11. The van der Waals surface area contributed by atoms with Crippen LogP contribution >= 0.6 is 27.5 Å². The second-order valence-corrected chi connectivity index (χ2v) is 6.45. The van der Waals surface area contributed by atoms with Gasteiger partial charge in [-0.3, -0.25) is 0 Å². The van der Waals surface area contributed by atoms with Gasteiger partial charge in [0.1, 0.15) is 0 Å². The molecule has 0 saturated heterocycles. The SMILES string of the molecule is Cc1cccc(C)c1CC(CBr)Cc1ccccc1Cl. The van der Waals surface area contributed by atoms with Crippen molar-refractivity contribution < 1.29 is 0 Å². The molecule has 2 heteroatoms. The van der Waals surface area contributed by atoms with Crippen molar-refractivity contribution in [2.75, 3.05) is 5.33 Å². The molecule has 1 unspecified atom stereocenters. The largest absolute Gasteiger partial charge is 0.0925 e. The molecule has 0 spiro atoms. The third-order valence-electron chi connectivity index (χ3n) is 3.82. The lowest BCUT2D eigenvalue weighted by molar-refractivity contribution is 0.588. The summed E-state index contributed by atoms with van der Waals surface area (Å²) in [6, 6.07) is 14.7. The number of rotatable bonds is 5. The van der Waals surface area contributed by atoms with Crippen LogP contribution in [0, 0.1) is 19.8 Å². The third kappa shape index (κ3) is 3.86. The summed E-state index contributed by atoms with van der Waals surface area (Å²) in [6.45, 7) is 4.40. The molecule has 2 rings (SSSR count). The van der Waals surface area contributed by atoms with E-state index in [1.165, 1.54) is 22.3 Å². The van der Waals surface area contributed by atoms with Crippen LogP contribution in [0.2, 0.25) is 5.02 Å². The van der Waals surface area contributed by atoms with Gasteiger partial charge in [-0.1, -0.05) is 63.9 Å². The van der Waals surface area contributed by atoms with Crippen LogP contribution in [0.15, 0.2) is 42.5 Å². The van der Waals surface area contributed by atoms with Crippen molar-refractivity contribution in [2.45, 2.75) is 26.7 Å². The second kappa shape index (κ2) is 7.28. The van der Waals surface area contributed by atoms with Crippen molar-refractivity contribution >= 4 is 27.5 Å². The first-order valence-electron chi connectivity index (χ1n) is 6.96. The fraction of sp³-hybridized carbons (Fsp3) is 0.333. The molecule has 0 amide bonds. The van der Waals surface area contributed by atoms with E-state index in [2.05, 4.69) is 60.1 Å². The van der Waals surface area contributed by atoms with Crippen molar-refractivity contribution in [3.63, 3.8) is 0 Å². The Balaban J connectivity index is 2.16. The quantitative estimate of drug-likeness (QED) is 0.601. The van der Waals surface area contributed by atoms with Crippen molar-refractivity contribution in [1.29, 1.82) is 0 Å². The maximum Gasteiger partial charge on any atom is 0.0438 e. The molecule has 0 saturated carbocycles. The van der Waals surface area contributed by atoms with Gasteiger partial charge in [-0.15, -0.1) is 0 Å². The summed E-state index contributed by atoms with van der Waals surface area (Å²) in [7, 11) is 0. The van der Waals surface area contributed by atoms with Gasteiger partial charge in [-0.25, -0.2) is 0 Å². The standard InChI is InChI=1S/C18H20BrCl/c1-13-6-5-7-14(2)17(13)11-15(12-19)10-16-8-3-4-9-18(16)20/h3-9,15H,10-12H2,1-2H3. The van der Waals surface area contributed by atoms with Gasteiger partial charge in [0.25, 0.3) is 0 Å². The monoisotopic (exact) mass is 350 g/mol. The molecule has 0 aliphatic heterocycles. The van der Waals surface area contributed by atoms with Gasteiger partial charge < -0.3 is 0 Å². The summed E-state index contributed by atoms with van der Waals surface area (Å²) >= 11 is 9.94. The predicted molar refractivity (Wildman–Crippen MR) is 92.1 cm³/mol. The van der Waals surface area contributed by atoms with Crippen LogP contribution in [0.5, 0.6) is 0 Å². The average molecular weight is 352 g/mol. The zero-order valence-electron chi connectivity index (χ0n) is 12.0. The zero-order chi connectivity index (χ0) is 14.5. The van der Waals surface area contributed by atoms with Crippen molar-refractivity contribution in [3.8, 4) is 0 Å². The molecule has 0 bridgehead atoms. The van der Waals surface area contributed by atoms with Crippen molar-refractivity contribution in [2.24, 2.45) is 5.92 Å². The topological polar surface area (TPSA) is 0 Å². The van der Waals surface area contributed by atoms with E-state index < -0.39 is 0 Å². The van der Waals surface area contributed by atoms with Crippen molar-refractivity contribution in [1.82, 2.24) is 0 Å². The number of aryl methyl sites for hydroxylation is 2. The lowest BCUT2D eigenvalue weighted by Gasteiger charge is -2.18. The highest BCUT2D eigenvalue weighted by molar-refractivity contribution is 9.09. The first-order valence-corrected chi connectivity index (χ1v) is 8.46. The van der Waals surface area contributed by atoms with Crippen LogP contribution in [-0.4, -0.2) is 5.33 Å². The highest BCUT2D eigenvalue weighted by Gasteiger charge is 2.14. The average Bonchev–Trinajstić information content (AvgIpc) is 2.44. The first kappa shape index (κ1) is 15.6. The maximum atomic E-state index is 6.28. The van der Waals surface area contributed by atoms with Crippen LogP contribution in [0.4, 0.5) is 0 Å². The molecular formula is C18H20BrCl. The lowest BCUT2D eigenvalue weighted by Crippen LogP contribution is -2.12. The summed E-state index contributed by atoms with van der Waals surface area (Å²) in [5, 5.41) is 1.87. The Morgan fingerprint density at radius 3 is 2.20 bits per heavy atom. The van der Waals surface area contributed by atoms with Crippen LogP contribution in [-0.2, 0) is 12.8 Å². The van der Waals surface area contributed by atoms with Gasteiger partial charge in [0.15, 0.2) is 0 Å². The first-order chi connectivity index (χ1) is 9.61. The van der Waals surface area contributed by atoms with Crippen LogP contribution < -0.4 is 0 Å². The minimum atomic E-state index is 0.565. The molecule has 20 heavy (non-hydrogen) atoms. The van der Waals surface area contributed by atoms with Gasteiger partial charge in [0.2, 0.25) is 0 Å². The minimum Gasteiger partial charge on any atom is -0.0925 e. The van der Waals surface area contributed by atoms with E-state index in [9.17, 15) is 0 Å². The highest BCUT2D eigenvalue weighted by atomic mass is 79.9. The molecule has 0 fully saturated rings. The molecule has 0 aliphatic carbocycles. The Bertz CT molecular complexity index is 557. The normalized spacial score (nSPS) is 12.4. The number of hydrogen-bond acceptors (Lipinski definition) is 0. The summed E-state index contributed by atoms with van der Waals surface area (Å²) in [5.74, 6) is 0.565. The number of benzene rings is 2. The molecule has 106 valence electrons. The Kier molecular flexibility index (Phi) is 5.68. The summed E-state index contributed by atoms with van der Waals surface area (Å²) in [4.78, 5) is 0. The molecule has 2 aromatic rings. The summed E-state index contributed by atoms with van der Waals surface area (Å²) < 4.78 is 0. The highest BCUT2D eigenvalue weighted by Crippen LogP contribution is 2.24. The van der Waals surface area contributed by atoms with Gasteiger partial charge >= 0.3 is 0 Å². The summed E-state index contributed by atoms with van der Waals surface area (Å²) in [6.07, 6.45) is 2.10. The van der Waals surface area contributed by atoms with Crippen LogP contribution in [0.1, 0.15) is 22.3 Å². The Morgan fingerprint density at radius 1 is 0.950 bits per heavy atom. The van der Waals surface area contributed by atoms with Gasteiger partial charge in [-0.05, 0) is 60.9 Å². The van der Waals surface area contributed by atoms with Crippen molar-refractivity contribution in [3.05, 3.63) is 69.7 Å². The minimum absolute atomic E-state index is 0.565. The van der Waals surface area contributed by atoms with E-state index in [4.69, 9.17) is 11.6 Å². The number of alkyl halides is 1. The number of halogens is 2. The molecule has 2 aromatic carbocycles. The van der Waals surface area contributed by atoms with E-state index in [1.54, 1.807) is 0 Å². The van der Waals surface area contributed by atoms with Gasteiger partial charge in [-0.2, -0.15) is 0 Å². The molecule has 0 radical (unpaired) electrons. The van der Waals surface area contributed by atoms with E-state index in [0.717, 1.165) is 23.2 Å². The number of hydrogen-bond donors (Lipinski definition) is 0. The van der Waals surface area contributed by atoms with E-state index in [-0.39, 0.29) is 0 Å². The molecule has 0 N–H and O–H groups in total. The maximum absolute atomic E-state index is 6.28. The lowest BCUT2D eigenvalue weighted by atomic mass is 9.90. The smallest absolute Gasteiger partial charge is 0.0438 e. The van der Waals surface area contributed by atoms with Crippen LogP contribution in [0.25, 0.3) is 0 Å².